The molecule has 1 N–H and O–H groups in total. The molecule has 0 heterocycles. The van der Waals surface area contributed by atoms with Gasteiger partial charge in [-0.1, -0.05) is 26.7 Å². The molecule has 0 bridgehead atoms. The lowest BCUT2D eigenvalue weighted by molar-refractivity contribution is 0.351. The zero-order valence-corrected chi connectivity index (χ0v) is 10.9. The number of rotatable bonds is 5. The van der Waals surface area contributed by atoms with Gasteiger partial charge in [-0.25, -0.2) is 0 Å². The highest BCUT2D eigenvalue weighted by molar-refractivity contribution is 7.99. The van der Waals surface area contributed by atoms with E-state index in [2.05, 4.69) is 32.3 Å². The van der Waals surface area contributed by atoms with E-state index in [0.717, 1.165) is 17.2 Å². The largest absolute Gasteiger partial charge is 0.310 e. The summed E-state index contributed by atoms with van der Waals surface area (Å²) in [7, 11) is 0. The Labute approximate surface area is 93.4 Å². The van der Waals surface area contributed by atoms with E-state index in [4.69, 9.17) is 0 Å². The maximum absolute atomic E-state index is 3.81. The van der Waals surface area contributed by atoms with Crippen LogP contribution in [0.25, 0.3) is 0 Å². The lowest BCUT2D eigenvalue weighted by atomic mass is 10.00. The minimum Gasteiger partial charge on any atom is -0.310 e. The van der Waals surface area contributed by atoms with E-state index >= 15 is 0 Å². The molecule has 1 nitrogen and oxygen atoms in total. The summed E-state index contributed by atoms with van der Waals surface area (Å²) >= 11 is 2.04. The van der Waals surface area contributed by atoms with Crippen LogP contribution in [-0.2, 0) is 0 Å². The van der Waals surface area contributed by atoms with Gasteiger partial charge < -0.3 is 5.32 Å². The second kappa shape index (κ2) is 6.02. The first-order valence-electron chi connectivity index (χ1n) is 5.97. The Kier molecular flexibility index (Phi) is 5.32. The van der Waals surface area contributed by atoms with Gasteiger partial charge in [-0.15, -0.1) is 0 Å². The smallest absolute Gasteiger partial charge is 0.0198 e. The standard InChI is InChI=1S/C12H25NS/c1-5-9(2)10(3)13-11-7-6-8-12(11)14-4/h9-13H,5-8H2,1-4H3. The maximum Gasteiger partial charge on any atom is 0.0198 e. The molecule has 1 saturated carbocycles. The number of nitrogens with one attached hydrogen (secondary N) is 1. The van der Waals surface area contributed by atoms with Crippen molar-refractivity contribution in [3.05, 3.63) is 0 Å². The van der Waals surface area contributed by atoms with E-state index in [-0.39, 0.29) is 0 Å². The summed E-state index contributed by atoms with van der Waals surface area (Å²) in [5, 5.41) is 4.67. The summed E-state index contributed by atoms with van der Waals surface area (Å²) < 4.78 is 0. The maximum atomic E-state index is 3.81. The van der Waals surface area contributed by atoms with Crippen molar-refractivity contribution in [2.75, 3.05) is 6.26 Å². The minimum absolute atomic E-state index is 0.678. The highest BCUT2D eigenvalue weighted by Crippen LogP contribution is 2.29. The van der Waals surface area contributed by atoms with Crippen LogP contribution in [0.4, 0.5) is 0 Å². The van der Waals surface area contributed by atoms with Crippen molar-refractivity contribution in [3.8, 4) is 0 Å². The first kappa shape index (κ1) is 12.4. The van der Waals surface area contributed by atoms with Crippen molar-refractivity contribution >= 4 is 11.8 Å². The molecule has 0 aliphatic heterocycles. The molecule has 0 saturated heterocycles. The van der Waals surface area contributed by atoms with Crippen LogP contribution in [0.5, 0.6) is 0 Å². The average Bonchev–Trinajstić information content (AvgIpc) is 2.63. The van der Waals surface area contributed by atoms with Crippen molar-refractivity contribution < 1.29 is 0 Å². The highest BCUT2D eigenvalue weighted by Gasteiger charge is 2.27. The second-order valence-corrected chi connectivity index (χ2v) is 5.73. The Morgan fingerprint density at radius 2 is 2.07 bits per heavy atom. The lowest BCUT2D eigenvalue weighted by Crippen LogP contribution is -2.42. The molecule has 0 amide bonds. The monoisotopic (exact) mass is 215 g/mol. The van der Waals surface area contributed by atoms with Crippen LogP contribution >= 0.6 is 11.8 Å². The van der Waals surface area contributed by atoms with Crippen molar-refractivity contribution in [2.24, 2.45) is 5.92 Å². The summed E-state index contributed by atoms with van der Waals surface area (Å²) in [6.07, 6.45) is 7.73. The van der Waals surface area contributed by atoms with Crippen molar-refractivity contribution in [1.29, 1.82) is 0 Å². The zero-order valence-electron chi connectivity index (χ0n) is 10.0. The third kappa shape index (κ3) is 3.16. The van der Waals surface area contributed by atoms with E-state index in [9.17, 15) is 0 Å². The fourth-order valence-electron chi connectivity index (χ4n) is 2.25. The normalized spacial score (nSPS) is 31.7. The topological polar surface area (TPSA) is 12.0 Å². The van der Waals surface area contributed by atoms with E-state index in [1.807, 2.05) is 11.8 Å². The molecule has 2 heteroatoms. The van der Waals surface area contributed by atoms with Gasteiger partial charge >= 0.3 is 0 Å². The fraction of sp³-hybridized carbons (Fsp3) is 1.00. The van der Waals surface area contributed by atoms with E-state index < -0.39 is 0 Å². The Hall–Kier alpha value is 0.310. The fourth-order valence-corrected chi connectivity index (χ4v) is 3.20. The zero-order chi connectivity index (χ0) is 10.6. The van der Waals surface area contributed by atoms with Gasteiger partial charge in [0.25, 0.3) is 0 Å². The van der Waals surface area contributed by atoms with Crippen LogP contribution in [0.1, 0.15) is 46.5 Å². The highest BCUT2D eigenvalue weighted by atomic mass is 32.2. The van der Waals surface area contributed by atoms with Crippen molar-refractivity contribution in [3.63, 3.8) is 0 Å². The SMILES string of the molecule is CCC(C)C(C)NC1CCCC1SC. The van der Waals surface area contributed by atoms with Crippen LogP contribution in [0.3, 0.4) is 0 Å². The molecule has 4 unspecified atom stereocenters. The molecule has 1 fully saturated rings. The Balaban J connectivity index is 2.35. The van der Waals surface area contributed by atoms with Gasteiger partial charge in [-0.3, -0.25) is 0 Å². The van der Waals surface area contributed by atoms with Gasteiger partial charge in [-0.2, -0.15) is 11.8 Å². The molecule has 0 radical (unpaired) electrons. The molecule has 1 aliphatic carbocycles. The Morgan fingerprint density at radius 1 is 1.36 bits per heavy atom. The molecule has 4 atom stereocenters. The molecular weight excluding hydrogens is 190 g/mol. The third-order valence-electron chi connectivity index (χ3n) is 3.73. The van der Waals surface area contributed by atoms with Gasteiger partial charge in [0, 0.05) is 17.3 Å². The quantitative estimate of drug-likeness (QED) is 0.755. The molecule has 1 rings (SSSR count). The van der Waals surface area contributed by atoms with Gasteiger partial charge in [0.15, 0.2) is 0 Å². The Morgan fingerprint density at radius 3 is 2.64 bits per heavy atom. The van der Waals surface area contributed by atoms with Crippen LogP contribution in [0.2, 0.25) is 0 Å². The summed E-state index contributed by atoms with van der Waals surface area (Å²) in [6, 6.07) is 1.45. The van der Waals surface area contributed by atoms with E-state index in [0.29, 0.717) is 6.04 Å². The summed E-state index contributed by atoms with van der Waals surface area (Å²) in [5.41, 5.74) is 0. The van der Waals surface area contributed by atoms with Crippen molar-refractivity contribution in [1.82, 2.24) is 5.32 Å². The number of hydrogen-bond acceptors (Lipinski definition) is 2. The lowest BCUT2D eigenvalue weighted by Gasteiger charge is -2.27. The molecule has 1 aliphatic rings. The predicted molar refractivity (Wildman–Crippen MR) is 67.0 cm³/mol. The minimum atomic E-state index is 0.678. The van der Waals surface area contributed by atoms with Crippen LogP contribution < -0.4 is 5.32 Å². The van der Waals surface area contributed by atoms with Gasteiger partial charge in [-0.05, 0) is 31.9 Å². The predicted octanol–water partition coefficient (Wildman–Crippen LogP) is 3.29. The van der Waals surface area contributed by atoms with Gasteiger partial charge in [0.05, 0.1) is 0 Å². The third-order valence-corrected chi connectivity index (χ3v) is 4.90. The average molecular weight is 215 g/mol. The molecular formula is C12H25NS. The van der Waals surface area contributed by atoms with E-state index in [1.165, 1.54) is 25.7 Å². The van der Waals surface area contributed by atoms with Gasteiger partial charge in [0.1, 0.15) is 0 Å². The molecule has 0 aromatic rings. The van der Waals surface area contributed by atoms with Crippen LogP contribution in [-0.4, -0.2) is 23.6 Å². The number of thioether (sulfide) groups is 1. The second-order valence-electron chi connectivity index (χ2n) is 4.65. The van der Waals surface area contributed by atoms with Crippen LogP contribution in [0.15, 0.2) is 0 Å². The summed E-state index contributed by atoms with van der Waals surface area (Å²) in [5.74, 6) is 0.804. The molecule has 84 valence electrons. The first-order valence-corrected chi connectivity index (χ1v) is 7.26. The van der Waals surface area contributed by atoms with Gasteiger partial charge in [0.2, 0.25) is 0 Å². The molecule has 0 spiro atoms. The van der Waals surface area contributed by atoms with Crippen LogP contribution in [0, 0.1) is 5.92 Å². The van der Waals surface area contributed by atoms with E-state index in [1.54, 1.807) is 0 Å². The molecule has 0 aromatic carbocycles. The molecule has 0 aromatic heterocycles. The molecule has 14 heavy (non-hydrogen) atoms. The summed E-state index contributed by atoms with van der Waals surface area (Å²) in [6.45, 7) is 6.97. The Bertz CT molecular complexity index is 160. The number of hydrogen-bond donors (Lipinski definition) is 1. The van der Waals surface area contributed by atoms with Crippen molar-refractivity contribution in [2.45, 2.75) is 63.8 Å². The summed E-state index contributed by atoms with van der Waals surface area (Å²) in [4.78, 5) is 0. The first-order chi connectivity index (χ1) is 6.69.